The Labute approximate surface area is 184 Å². The van der Waals surface area contributed by atoms with E-state index in [0.29, 0.717) is 5.56 Å². The van der Waals surface area contributed by atoms with Crippen molar-refractivity contribution in [3.8, 4) is 11.4 Å². The van der Waals surface area contributed by atoms with Crippen LogP contribution in [0.1, 0.15) is 32.8 Å². The van der Waals surface area contributed by atoms with Gasteiger partial charge in [0.15, 0.2) is 11.6 Å². The minimum absolute atomic E-state index is 0.0318. The van der Waals surface area contributed by atoms with Crippen LogP contribution in [0, 0.1) is 17.0 Å². The second kappa shape index (κ2) is 9.02. The molecule has 170 valence electrons. The number of hydrogen-bond acceptors (Lipinski definition) is 6. The monoisotopic (exact) mass is 445 g/mol. The van der Waals surface area contributed by atoms with Crippen LogP contribution in [0.4, 0.5) is 13.6 Å². The van der Waals surface area contributed by atoms with E-state index in [0.717, 1.165) is 12.4 Å². The summed E-state index contributed by atoms with van der Waals surface area (Å²) >= 11 is 0. The molecule has 7 nitrogen and oxygen atoms in total. The number of alkyl carbamates (subject to hydrolysis) is 1. The molecule has 0 saturated carbocycles. The van der Waals surface area contributed by atoms with E-state index in [1.807, 2.05) is 0 Å². The zero-order valence-electron chi connectivity index (χ0n) is 18.3. The Kier molecular flexibility index (Phi) is 6.57. The fraction of sp³-hybridized carbons (Fsp3) is 0.391. The van der Waals surface area contributed by atoms with Gasteiger partial charge in [-0.15, -0.1) is 0 Å². The van der Waals surface area contributed by atoms with Gasteiger partial charge in [0.25, 0.3) is 0 Å². The van der Waals surface area contributed by atoms with E-state index in [-0.39, 0.29) is 24.2 Å². The molecule has 1 aromatic carbocycles. The lowest BCUT2D eigenvalue weighted by atomic mass is 9.80. The summed E-state index contributed by atoms with van der Waals surface area (Å²) < 4.78 is 37.8. The number of amides is 1. The molecular formula is C23H25F2N3O4. The molecule has 0 spiro atoms. The number of hydrogen-bond donors (Lipinski definition) is 1. The van der Waals surface area contributed by atoms with E-state index >= 15 is 0 Å². The third-order valence-electron chi connectivity index (χ3n) is 4.94. The van der Waals surface area contributed by atoms with Gasteiger partial charge in [-0.05, 0) is 51.3 Å². The zero-order valence-corrected chi connectivity index (χ0v) is 18.3. The molecule has 32 heavy (non-hydrogen) atoms. The highest BCUT2D eigenvalue weighted by molar-refractivity contribution is 5.81. The number of benzene rings is 1. The Morgan fingerprint density at radius 3 is 2.53 bits per heavy atom. The minimum Gasteiger partial charge on any atom is -0.468 e. The molecule has 9 heteroatoms. The van der Waals surface area contributed by atoms with E-state index in [4.69, 9.17) is 9.47 Å². The smallest absolute Gasteiger partial charge is 0.408 e. The van der Waals surface area contributed by atoms with Crippen molar-refractivity contribution in [3.05, 3.63) is 59.9 Å². The molecule has 1 aliphatic carbocycles. The van der Waals surface area contributed by atoms with Crippen LogP contribution in [0.5, 0.6) is 0 Å². The largest absolute Gasteiger partial charge is 0.468 e. The normalized spacial score (nSPS) is 20.1. The first kappa shape index (κ1) is 23.3. The Bertz CT molecular complexity index is 1030. The predicted octanol–water partition coefficient (Wildman–Crippen LogP) is 3.98. The lowest BCUT2D eigenvalue weighted by molar-refractivity contribution is -0.150. The molecule has 0 bridgehead atoms. The second-order valence-electron chi connectivity index (χ2n) is 8.68. The number of halogens is 2. The molecule has 1 aliphatic rings. The summed E-state index contributed by atoms with van der Waals surface area (Å²) in [6.07, 6.45) is 5.17. The van der Waals surface area contributed by atoms with E-state index in [2.05, 4.69) is 15.3 Å². The molecule has 0 aliphatic heterocycles. The maximum atomic E-state index is 14.4. The molecule has 2 aromatic rings. The first-order chi connectivity index (χ1) is 15.0. The summed E-state index contributed by atoms with van der Waals surface area (Å²) in [5, 5.41) is 2.74. The summed E-state index contributed by atoms with van der Waals surface area (Å²) in [6.45, 7) is 5.27. The average Bonchev–Trinajstić information content (AvgIpc) is 3.11. The molecule has 0 radical (unpaired) electrons. The van der Waals surface area contributed by atoms with Crippen molar-refractivity contribution in [2.24, 2.45) is 5.41 Å². The third-order valence-corrected chi connectivity index (χ3v) is 4.94. The van der Waals surface area contributed by atoms with Crippen LogP contribution < -0.4 is 5.32 Å². The van der Waals surface area contributed by atoms with Crippen molar-refractivity contribution in [1.82, 2.24) is 15.3 Å². The number of methoxy groups -OCH3 is 1. The Hall–Kier alpha value is -3.36. The summed E-state index contributed by atoms with van der Waals surface area (Å²) in [7, 11) is 1.29. The topological polar surface area (TPSA) is 90.4 Å². The van der Waals surface area contributed by atoms with E-state index in [1.165, 1.54) is 19.2 Å². The lowest BCUT2D eigenvalue weighted by Crippen LogP contribution is -2.40. The molecule has 0 unspecified atom stereocenters. The fourth-order valence-corrected chi connectivity index (χ4v) is 3.61. The number of rotatable bonds is 5. The molecule has 2 atom stereocenters. The molecule has 3 rings (SSSR count). The second-order valence-corrected chi connectivity index (χ2v) is 8.68. The van der Waals surface area contributed by atoms with Crippen LogP contribution in [0.25, 0.3) is 11.4 Å². The molecular weight excluding hydrogens is 420 g/mol. The van der Waals surface area contributed by atoms with Crippen molar-refractivity contribution in [2.75, 3.05) is 7.11 Å². The van der Waals surface area contributed by atoms with Gasteiger partial charge in [-0.3, -0.25) is 4.79 Å². The van der Waals surface area contributed by atoms with Crippen molar-refractivity contribution < 1.29 is 27.8 Å². The molecule has 1 N–H and O–H groups in total. The summed E-state index contributed by atoms with van der Waals surface area (Å²) in [4.78, 5) is 32.5. The van der Waals surface area contributed by atoms with Gasteiger partial charge in [-0.25, -0.2) is 23.5 Å². The fourth-order valence-electron chi connectivity index (χ4n) is 3.61. The molecule has 1 aromatic heterocycles. The van der Waals surface area contributed by atoms with Crippen LogP contribution in [0.3, 0.4) is 0 Å². The highest BCUT2D eigenvalue weighted by Crippen LogP contribution is 2.38. The van der Waals surface area contributed by atoms with Gasteiger partial charge in [-0.1, -0.05) is 18.2 Å². The van der Waals surface area contributed by atoms with Crippen molar-refractivity contribution in [1.29, 1.82) is 0 Å². The van der Waals surface area contributed by atoms with Gasteiger partial charge >= 0.3 is 12.1 Å². The van der Waals surface area contributed by atoms with Crippen molar-refractivity contribution in [3.63, 3.8) is 0 Å². The summed E-state index contributed by atoms with van der Waals surface area (Å²) in [5.74, 6) is -1.65. The van der Waals surface area contributed by atoms with Gasteiger partial charge in [0.05, 0.1) is 36.5 Å². The Morgan fingerprint density at radius 1 is 1.22 bits per heavy atom. The summed E-state index contributed by atoms with van der Waals surface area (Å²) in [5.41, 5.74) is -0.999. The lowest BCUT2D eigenvalue weighted by Gasteiger charge is -2.27. The SMILES string of the molecule is COC(=O)[C@@]1(Cc2ccc(F)c(-c3ncc(F)cn3)c2)C=C[C@H](NC(=O)OC(C)(C)C)C1. The van der Waals surface area contributed by atoms with Crippen LogP contribution in [-0.4, -0.2) is 40.8 Å². The van der Waals surface area contributed by atoms with Crippen molar-refractivity contribution >= 4 is 12.1 Å². The molecule has 0 saturated heterocycles. The van der Waals surface area contributed by atoms with Gasteiger partial charge in [0, 0.05) is 0 Å². The number of aromatic nitrogens is 2. The molecule has 0 fully saturated rings. The van der Waals surface area contributed by atoms with Gasteiger partial charge < -0.3 is 14.8 Å². The molecule has 1 amide bonds. The Balaban J connectivity index is 1.82. The number of ether oxygens (including phenoxy) is 2. The van der Waals surface area contributed by atoms with Crippen molar-refractivity contribution in [2.45, 2.75) is 45.3 Å². The number of nitrogens with zero attached hydrogens (tertiary/aromatic N) is 2. The van der Waals surface area contributed by atoms with E-state index in [9.17, 15) is 18.4 Å². The number of nitrogens with one attached hydrogen (secondary N) is 1. The minimum atomic E-state index is -1.06. The number of carbonyl (C=O) groups excluding carboxylic acids is 2. The van der Waals surface area contributed by atoms with E-state index < -0.39 is 40.8 Å². The van der Waals surface area contributed by atoms with Crippen LogP contribution in [0.2, 0.25) is 0 Å². The van der Waals surface area contributed by atoms with Gasteiger partial charge in [0.1, 0.15) is 11.4 Å². The number of carbonyl (C=O) groups is 2. The quantitative estimate of drug-likeness (QED) is 0.553. The standard InChI is InChI=1S/C23H25F2N3O4/c1-22(2,3)32-21(30)28-16-7-8-23(11-16,20(29)31-4)10-14-5-6-18(25)17(9-14)19-26-12-15(24)13-27-19/h5-9,12-13,16H,10-11H2,1-4H3,(H,28,30)/t16-,23+/m0/s1. The first-order valence-corrected chi connectivity index (χ1v) is 10.0. The zero-order chi connectivity index (χ0) is 23.5. The first-order valence-electron chi connectivity index (χ1n) is 10.0. The maximum Gasteiger partial charge on any atom is 0.408 e. The summed E-state index contributed by atoms with van der Waals surface area (Å²) in [6, 6.07) is 3.88. The highest BCUT2D eigenvalue weighted by atomic mass is 19.1. The predicted molar refractivity (Wildman–Crippen MR) is 112 cm³/mol. The Morgan fingerprint density at radius 2 is 1.91 bits per heavy atom. The number of esters is 1. The maximum absolute atomic E-state index is 14.4. The van der Waals surface area contributed by atoms with Crippen LogP contribution >= 0.6 is 0 Å². The highest BCUT2D eigenvalue weighted by Gasteiger charge is 2.43. The average molecular weight is 445 g/mol. The van der Waals surface area contributed by atoms with E-state index in [1.54, 1.807) is 39.0 Å². The van der Waals surface area contributed by atoms with Gasteiger partial charge in [0.2, 0.25) is 0 Å². The van der Waals surface area contributed by atoms with Crippen LogP contribution in [-0.2, 0) is 20.7 Å². The molecule has 1 heterocycles. The van der Waals surface area contributed by atoms with Crippen LogP contribution in [0.15, 0.2) is 42.7 Å². The third kappa shape index (κ3) is 5.46. The van der Waals surface area contributed by atoms with Gasteiger partial charge in [-0.2, -0.15) is 0 Å².